The molecule has 0 aliphatic heterocycles. The Balaban J connectivity index is 1.52. The maximum absolute atomic E-state index is 14.8. The molecule has 1 aromatic rings. The minimum Gasteiger partial charge on any atom is -0.507 e. The number of hydrogen-bond acceptors (Lipinski definition) is 3. The molecule has 0 amide bonds. The molecule has 2 aliphatic rings. The predicted octanol–water partition coefficient (Wildman–Crippen LogP) is 7.37. The summed E-state index contributed by atoms with van der Waals surface area (Å²) in [5.74, 6) is 0.712. The van der Waals surface area contributed by atoms with Crippen LogP contribution in [0.5, 0.6) is 11.5 Å². The van der Waals surface area contributed by atoms with Gasteiger partial charge in [-0.3, -0.25) is 4.79 Å². The molecule has 1 aromatic carbocycles. The van der Waals surface area contributed by atoms with Crippen molar-refractivity contribution in [3.05, 3.63) is 23.8 Å². The number of aromatic hydroxyl groups is 1. The Hall–Kier alpha value is -1.65. The van der Waals surface area contributed by atoms with Crippen molar-refractivity contribution < 1.29 is 23.4 Å². The normalized spacial score (nSPS) is 27.6. The molecule has 2 fully saturated rings. The molecule has 168 valence electrons. The van der Waals surface area contributed by atoms with Crippen LogP contribution in [0.3, 0.4) is 0 Å². The minimum atomic E-state index is -3.27. The van der Waals surface area contributed by atoms with Crippen molar-refractivity contribution in [3.63, 3.8) is 0 Å². The van der Waals surface area contributed by atoms with E-state index in [1.54, 1.807) is 6.92 Å². The molecule has 0 heterocycles. The van der Waals surface area contributed by atoms with Crippen LogP contribution < -0.4 is 4.74 Å². The Morgan fingerprint density at radius 3 is 2.17 bits per heavy atom. The monoisotopic (exact) mass is 422 g/mol. The number of Topliss-reactive ketones (excluding diaryl/α,β-unsaturated/α-hetero) is 1. The summed E-state index contributed by atoms with van der Waals surface area (Å²) in [6, 6.07) is 3.83. The molecule has 0 radical (unpaired) electrons. The van der Waals surface area contributed by atoms with Crippen molar-refractivity contribution in [3.8, 4) is 11.5 Å². The van der Waals surface area contributed by atoms with Gasteiger partial charge >= 0.3 is 6.11 Å². The number of carbonyl (C=O) groups excluding carboxylic acids is 1. The number of hydrogen-bond donors (Lipinski definition) is 1. The Morgan fingerprint density at radius 2 is 1.63 bits per heavy atom. The molecule has 0 unspecified atom stereocenters. The molecule has 0 atom stereocenters. The Kier molecular flexibility index (Phi) is 7.75. The van der Waals surface area contributed by atoms with Gasteiger partial charge in [0.2, 0.25) is 0 Å². The molecule has 0 saturated heterocycles. The molecule has 5 heteroatoms. The maximum Gasteiger partial charge on any atom is 0.400 e. The molecule has 2 aliphatic carbocycles. The second-order valence-electron chi connectivity index (χ2n) is 9.30. The SMILES string of the molecule is CCCC1CCC(C2CCC(C(F)(F)Oc3ccc(C(=O)CC)c(O)c3)CC2)CC1. The summed E-state index contributed by atoms with van der Waals surface area (Å²) in [6.45, 7) is 3.93. The average molecular weight is 423 g/mol. The van der Waals surface area contributed by atoms with Gasteiger partial charge < -0.3 is 9.84 Å². The number of benzene rings is 1. The van der Waals surface area contributed by atoms with E-state index in [0.717, 1.165) is 24.8 Å². The summed E-state index contributed by atoms with van der Waals surface area (Å²) < 4.78 is 34.6. The van der Waals surface area contributed by atoms with E-state index in [0.29, 0.717) is 24.7 Å². The first-order chi connectivity index (χ1) is 14.3. The number of phenols is 1. The molecule has 3 nitrogen and oxygen atoms in total. The molecule has 0 aromatic heterocycles. The van der Waals surface area contributed by atoms with Gasteiger partial charge in [-0.25, -0.2) is 0 Å². The highest BCUT2D eigenvalue weighted by molar-refractivity contribution is 5.98. The molecule has 1 N–H and O–H groups in total. The van der Waals surface area contributed by atoms with Crippen molar-refractivity contribution >= 4 is 5.78 Å². The summed E-state index contributed by atoms with van der Waals surface area (Å²) in [5.41, 5.74) is 0.141. The van der Waals surface area contributed by atoms with Gasteiger partial charge in [0.05, 0.1) is 11.5 Å². The van der Waals surface area contributed by atoms with Gasteiger partial charge in [0.1, 0.15) is 11.5 Å². The maximum atomic E-state index is 14.8. The zero-order valence-corrected chi connectivity index (χ0v) is 18.3. The summed E-state index contributed by atoms with van der Waals surface area (Å²) in [5, 5.41) is 9.99. The molecule has 0 spiro atoms. The lowest BCUT2D eigenvalue weighted by atomic mass is 9.68. The average Bonchev–Trinajstić information content (AvgIpc) is 2.74. The van der Waals surface area contributed by atoms with Crippen molar-refractivity contribution in [1.82, 2.24) is 0 Å². The van der Waals surface area contributed by atoms with Crippen molar-refractivity contribution in [2.24, 2.45) is 23.7 Å². The van der Waals surface area contributed by atoms with E-state index in [4.69, 9.17) is 4.74 Å². The molecular formula is C25H36F2O3. The fourth-order valence-corrected chi connectivity index (χ4v) is 5.52. The number of alkyl halides is 2. The van der Waals surface area contributed by atoms with Gasteiger partial charge in [-0.05, 0) is 68.4 Å². The van der Waals surface area contributed by atoms with Crippen LogP contribution in [0.1, 0.15) is 94.8 Å². The number of carbonyl (C=O) groups is 1. The van der Waals surface area contributed by atoms with E-state index in [1.165, 1.54) is 50.7 Å². The van der Waals surface area contributed by atoms with Gasteiger partial charge in [-0.2, -0.15) is 8.78 Å². The van der Waals surface area contributed by atoms with Crippen LogP contribution in [-0.2, 0) is 0 Å². The fourth-order valence-electron chi connectivity index (χ4n) is 5.52. The predicted molar refractivity (Wildman–Crippen MR) is 114 cm³/mol. The third-order valence-electron chi connectivity index (χ3n) is 7.35. The fraction of sp³-hybridized carbons (Fsp3) is 0.720. The number of halogens is 2. The van der Waals surface area contributed by atoms with Crippen molar-refractivity contribution in [2.45, 2.75) is 90.6 Å². The largest absolute Gasteiger partial charge is 0.507 e. The van der Waals surface area contributed by atoms with Gasteiger partial charge in [0.15, 0.2) is 5.78 Å². The van der Waals surface area contributed by atoms with Gasteiger partial charge in [-0.15, -0.1) is 0 Å². The van der Waals surface area contributed by atoms with Gasteiger partial charge in [0, 0.05) is 12.5 Å². The number of ketones is 1. The standard InChI is InChI=1S/C25H36F2O3/c1-3-5-17-6-8-18(9-7-17)19-10-12-20(13-11-19)25(26,27)30-21-14-15-22(23(28)4-2)24(29)16-21/h14-20,29H,3-13H2,1-2H3. The Bertz CT molecular complexity index is 702. The summed E-state index contributed by atoms with van der Waals surface area (Å²) in [6.07, 6.45) is 7.33. The lowest BCUT2D eigenvalue weighted by Crippen LogP contribution is -2.38. The molecule has 3 rings (SSSR count). The Morgan fingerprint density at radius 1 is 1.03 bits per heavy atom. The second-order valence-corrected chi connectivity index (χ2v) is 9.30. The van der Waals surface area contributed by atoms with Gasteiger partial charge in [0.25, 0.3) is 0 Å². The zero-order chi connectivity index (χ0) is 21.7. The third kappa shape index (κ3) is 5.53. The third-order valence-corrected chi connectivity index (χ3v) is 7.35. The lowest BCUT2D eigenvalue weighted by molar-refractivity contribution is -0.224. The van der Waals surface area contributed by atoms with Gasteiger partial charge in [-0.1, -0.05) is 39.5 Å². The van der Waals surface area contributed by atoms with Crippen molar-refractivity contribution in [2.75, 3.05) is 0 Å². The van der Waals surface area contributed by atoms with Crippen LogP contribution >= 0.6 is 0 Å². The summed E-state index contributed by atoms with van der Waals surface area (Å²) in [4.78, 5) is 11.7. The van der Waals surface area contributed by atoms with Crippen LogP contribution in [-0.4, -0.2) is 17.0 Å². The van der Waals surface area contributed by atoms with E-state index in [1.807, 2.05) is 0 Å². The highest BCUT2D eigenvalue weighted by atomic mass is 19.3. The van der Waals surface area contributed by atoms with E-state index in [2.05, 4.69) is 6.92 Å². The number of phenolic OH excluding ortho intramolecular Hbond substituents is 1. The van der Waals surface area contributed by atoms with E-state index in [-0.39, 0.29) is 29.3 Å². The molecule has 0 bridgehead atoms. The first-order valence-corrected chi connectivity index (χ1v) is 11.8. The number of rotatable bonds is 8. The van der Waals surface area contributed by atoms with Crippen molar-refractivity contribution in [1.29, 1.82) is 0 Å². The smallest absolute Gasteiger partial charge is 0.400 e. The lowest BCUT2D eigenvalue weighted by Gasteiger charge is -2.39. The highest BCUT2D eigenvalue weighted by Crippen LogP contribution is 2.46. The highest BCUT2D eigenvalue weighted by Gasteiger charge is 2.45. The quantitative estimate of drug-likeness (QED) is 0.445. The molecular weight excluding hydrogens is 386 g/mol. The topological polar surface area (TPSA) is 46.5 Å². The molecule has 2 saturated carbocycles. The van der Waals surface area contributed by atoms with Crippen LogP contribution in [0, 0.1) is 23.7 Å². The van der Waals surface area contributed by atoms with Crippen LogP contribution in [0.15, 0.2) is 18.2 Å². The summed E-state index contributed by atoms with van der Waals surface area (Å²) >= 11 is 0. The minimum absolute atomic E-state index is 0.0958. The number of ether oxygens (including phenoxy) is 1. The van der Waals surface area contributed by atoms with E-state index < -0.39 is 12.0 Å². The first kappa shape index (κ1) is 23.0. The van der Waals surface area contributed by atoms with Crippen LogP contribution in [0.4, 0.5) is 8.78 Å². The van der Waals surface area contributed by atoms with E-state index >= 15 is 0 Å². The zero-order valence-electron chi connectivity index (χ0n) is 18.3. The molecule has 30 heavy (non-hydrogen) atoms. The van der Waals surface area contributed by atoms with Crippen LogP contribution in [0.25, 0.3) is 0 Å². The van der Waals surface area contributed by atoms with E-state index in [9.17, 15) is 18.7 Å². The Labute approximate surface area is 179 Å². The first-order valence-electron chi connectivity index (χ1n) is 11.8. The summed E-state index contributed by atoms with van der Waals surface area (Å²) in [7, 11) is 0. The van der Waals surface area contributed by atoms with Crippen LogP contribution in [0.2, 0.25) is 0 Å². The second kappa shape index (κ2) is 10.1.